The maximum Gasteiger partial charge on any atom is 0.243 e. The third-order valence-corrected chi connectivity index (χ3v) is 5.28. The molecule has 3 rings (SSSR count). The van der Waals surface area contributed by atoms with Gasteiger partial charge in [-0.2, -0.15) is 4.31 Å². The number of halogens is 1. The molecule has 0 unspecified atom stereocenters. The molecule has 1 saturated heterocycles. The van der Waals surface area contributed by atoms with Crippen molar-refractivity contribution in [2.45, 2.75) is 43.4 Å². The maximum absolute atomic E-state index is 12.2. The Morgan fingerprint density at radius 1 is 0.842 bits per heavy atom. The summed E-state index contributed by atoms with van der Waals surface area (Å²) in [5.74, 6) is 0. The van der Waals surface area contributed by atoms with Gasteiger partial charge < -0.3 is 0 Å². The topological polar surface area (TPSA) is 37.4 Å². The zero-order chi connectivity index (χ0) is 13.7. The predicted octanol–water partition coefficient (Wildman–Crippen LogP) is 3.68. The molecule has 3 nitrogen and oxygen atoms in total. The van der Waals surface area contributed by atoms with Crippen molar-refractivity contribution < 1.29 is 8.42 Å². The van der Waals surface area contributed by atoms with Gasteiger partial charge in [-0.3, -0.25) is 0 Å². The molecule has 2 fully saturated rings. The Labute approximate surface area is 120 Å². The van der Waals surface area contributed by atoms with Crippen molar-refractivity contribution >= 4 is 21.6 Å². The van der Waals surface area contributed by atoms with Gasteiger partial charge in [0.1, 0.15) is 0 Å². The lowest BCUT2D eigenvalue weighted by molar-refractivity contribution is 0.346. The molecule has 1 aliphatic carbocycles. The summed E-state index contributed by atoms with van der Waals surface area (Å²) in [7, 11) is -3.30. The van der Waals surface area contributed by atoms with Crippen molar-refractivity contribution in [1.29, 1.82) is 0 Å². The number of sulfonamides is 1. The lowest BCUT2D eigenvalue weighted by Crippen LogP contribution is -2.35. The van der Waals surface area contributed by atoms with Crippen molar-refractivity contribution in [3.05, 3.63) is 29.3 Å². The van der Waals surface area contributed by atoms with E-state index < -0.39 is 10.0 Å². The Morgan fingerprint density at radius 2 is 1.32 bits per heavy atom. The molecule has 5 heteroatoms. The Hall–Kier alpha value is -0.580. The Balaban J connectivity index is 0.000000390. The van der Waals surface area contributed by atoms with Gasteiger partial charge >= 0.3 is 0 Å². The first-order chi connectivity index (χ1) is 9.10. The van der Waals surface area contributed by atoms with E-state index in [9.17, 15) is 8.42 Å². The summed E-state index contributed by atoms with van der Waals surface area (Å²) < 4.78 is 25.9. The quantitative estimate of drug-likeness (QED) is 0.835. The number of piperidine rings is 1. The molecule has 0 amide bonds. The van der Waals surface area contributed by atoms with Gasteiger partial charge in [0.15, 0.2) is 0 Å². The summed E-state index contributed by atoms with van der Waals surface area (Å²) in [6.45, 7) is 1.26. The molecule has 0 atom stereocenters. The van der Waals surface area contributed by atoms with Gasteiger partial charge in [0.2, 0.25) is 10.0 Å². The Morgan fingerprint density at radius 3 is 1.79 bits per heavy atom. The van der Waals surface area contributed by atoms with E-state index >= 15 is 0 Å². The van der Waals surface area contributed by atoms with Crippen LogP contribution in [0.4, 0.5) is 0 Å². The van der Waals surface area contributed by atoms with Crippen LogP contribution in [0.25, 0.3) is 0 Å². The lowest BCUT2D eigenvalue weighted by Gasteiger charge is -2.25. The molecule has 0 bridgehead atoms. The molecule has 106 valence electrons. The summed E-state index contributed by atoms with van der Waals surface area (Å²) in [6.07, 6.45) is 7.52. The summed E-state index contributed by atoms with van der Waals surface area (Å²) in [4.78, 5) is 0.332. The molecular formula is C14H20ClNO2S. The van der Waals surface area contributed by atoms with E-state index in [1.165, 1.54) is 19.3 Å². The second-order valence-corrected chi connectivity index (χ2v) is 7.35. The smallest absolute Gasteiger partial charge is 0.207 e. The average molecular weight is 302 g/mol. The summed E-state index contributed by atoms with van der Waals surface area (Å²) in [5.41, 5.74) is 0. The molecule has 0 aromatic heterocycles. The van der Waals surface area contributed by atoms with Crippen molar-refractivity contribution in [1.82, 2.24) is 4.31 Å². The van der Waals surface area contributed by atoms with E-state index in [-0.39, 0.29) is 0 Å². The SMILES string of the molecule is C1CC1.O=S(=O)(c1ccc(Cl)cc1)N1CCCCC1. The zero-order valence-corrected chi connectivity index (χ0v) is 12.6. The van der Waals surface area contributed by atoms with Crippen LogP contribution in [-0.4, -0.2) is 25.8 Å². The van der Waals surface area contributed by atoms with E-state index in [2.05, 4.69) is 0 Å². The van der Waals surface area contributed by atoms with Crippen LogP contribution in [0.15, 0.2) is 29.2 Å². The summed E-state index contributed by atoms with van der Waals surface area (Å²) >= 11 is 5.74. The molecule has 2 aliphatic rings. The highest BCUT2D eigenvalue weighted by atomic mass is 35.5. The van der Waals surface area contributed by atoms with Crippen LogP contribution in [0.1, 0.15) is 38.5 Å². The van der Waals surface area contributed by atoms with Gasteiger partial charge in [-0.25, -0.2) is 8.42 Å². The average Bonchev–Trinajstić information content (AvgIpc) is 3.28. The van der Waals surface area contributed by atoms with Crippen LogP contribution in [-0.2, 0) is 10.0 Å². The highest BCUT2D eigenvalue weighted by Gasteiger charge is 2.25. The molecule has 1 aromatic rings. The van der Waals surface area contributed by atoms with E-state index in [1.807, 2.05) is 0 Å². The van der Waals surface area contributed by atoms with Crippen LogP contribution in [0.2, 0.25) is 5.02 Å². The Kier molecular flexibility index (Phi) is 5.25. The van der Waals surface area contributed by atoms with Gasteiger partial charge in [0, 0.05) is 18.1 Å². The number of hydrogen-bond acceptors (Lipinski definition) is 2. The fourth-order valence-corrected chi connectivity index (χ4v) is 3.50. The van der Waals surface area contributed by atoms with Crippen molar-refractivity contribution in [2.75, 3.05) is 13.1 Å². The van der Waals surface area contributed by atoms with Crippen molar-refractivity contribution in [3.8, 4) is 0 Å². The minimum atomic E-state index is -3.30. The van der Waals surface area contributed by atoms with Gasteiger partial charge in [0.25, 0.3) is 0 Å². The van der Waals surface area contributed by atoms with Crippen molar-refractivity contribution in [2.24, 2.45) is 0 Å². The van der Waals surface area contributed by atoms with Crippen LogP contribution in [0.5, 0.6) is 0 Å². The molecule has 0 N–H and O–H groups in total. The largest absolute Gasteiger partial charge is 0.243 e. The fourth-order valence-electron chi connectivity index (χ4n) is 1.86. The second kappa shape index (κ2) is 6.73. The van der Waals surface area contributed by atoms with Gasteiger partial charge in [-0.05, 0) is 37.1 Å². The summed E-state index contributed by atoms with van der Waals surface area (Å²) in [6, 6.07) is 6.34. The molecule has 0 radical (unpaired) electrons. The minimum Gasteiger partial charge on any atom is -0.207 e. The first-order valence-corrected chi connectivity index (χ1v) is 8.68. The number of nitrogens with zero attached hydrogens (tertiary/aromatic N) is 1. The molecule has 1 aliphatic heterocycles. The molecule has 1 aromatic carbocycles. The van der Waals surface area contributed by atoms with Gasteiger partial charge in [-0.15, -0.1) is 0 Å². The molecular weight excluding hydrogens is 282 g/mol. The standard InChI is InChI=1S/C11H14ClNO2S.C3H6/c12-10-4-6-11(7-5-10)16(14,15)13-8-2-1-3-9-13;1-2-3-1/h4-7H,1-3,8-9H2;1-3H2. The molecule has 1 heterocycles. The lowest BCUT2D eigenvalue weighted by atomic mass is 10.2. The second-order valence-electron chi connectivity index (χ2n) is 4.98. The van der Waals surface area contributed by atoms with E-state index in [0.717, 1.165) is 19.3 Å². The molecule has 0 spiro atoms. The third-order valence-electron chi connectivity index (χ3n) is 3.12. The van der Waals surface area contributed by atoms with Gasteiger partial charge in [0.05, 0.1) is 4.90 Å². The number of rotatable bonds is 2. The van der Waals surface area contributed by atoms with E-state index in [4.69, 9.17) is 11.6 Å². The minimum absolute atomic E-state index is 0.332. The van der Waals surface area contributed by atoms with Crippen LogP contribution < -0.4 is 0 Å². The first kappa shape index (κ1) is 14.8. The predicted molar refractivity (Wildman–Crippen MR) is 77.9 cm³/mol. The monoisotopic (exact) mass is 301 g/mol. The van der Waals surface area contributed by atoms with Crippen LogP contribution >= 0.6 is 11.6 Å². The number of hydrogen-bond donors (Lipinski definition) is 0. The summed E-state index contributed by atoms with van der Waals surface area (Å²) in [5, 5.41) is 0.553. The zero-order valence-electron chi connectivity index (χ0n) is 11.0. The molecule has 19 heavy (non-hydrogen) atoms. The van der Waals surface area contributed by atoms with E-state index in [0.29, 0.717) is 23.0 Å². The van der Waals surface area contributed by atoms with Crippen LogP contribution in [0.3, 0.4) is 0 Å². The number of benzene rings is 1. The van der Waals surface area contributed by atoms with E-state index in [1.54, 1.807) is 28.6 Å². The Bertz CT molecular complexity index is 488. The van der Waals surface area contributed by atoms with Crippen molar-refractivity contribution in [3.63, 3.8) is 0 Å². The third kappa shape index (κ3) is 4.48. The maximum atomic E-state index is 12.2. The van der Waals surface area contributed by atoms with Crippen LogP contribution in [0, 0.1) is 0 Å². The highest BCUT2D eigenvalue weighted by molar-refractivity contribution is 7.89. The first-order valence-electron chi connectivity index (χ1n) is 6.86. The highest BCUT2D eigenvalue weighted by Crippen LogP contribution is 2.21. The normalized spacial score (nSPS) is 19.4. The molecule has 1 saturated carbocycles. The van der Waals surface area contributed by atoms with Gasteiger partial charge in [-0.1, -0.05) is 37.3 Å². The fraction of sp³-hybridized carbons (Fsp3) is 0.571.